The first-order valence-electron chi connectivity index (χ1n) is 5.73. The van der Waals surface area contributed by atoms with Gasteiger partial charge in [-0.2, -0.15) is 0 Å². The molecule has 2 atom stereocenters. The van der Waals surface area contributed by atoms with Crippen molar-refractivity contribution in [3.63, 3.8) is 0 Å². The Bertz CT molecular complexity index is 150. The van der Waals surface area contributed by atoms with Crippen LogP contribution in [-0.4, -0.2) is 44.3 Å². The number of hydrogen-bond acceptors (Lipinski definition) is 3. The molecule has 0 saturated carbocycles. The highest BCUT2D eigenvalue weighted by Crippen LogP contribution is 2.16. The van der Waals surface area contributed by atoms with Crippen molar-refractivity contribution >= 4 is 0 Å². The van der Waals surface area contributed by atoms with Gasteiger partial charge in [0, 0.05) is 26.2 Å². The van der Waals surface area contributed by atoms with Gasteiger partial charge in [-0.3, -0.25) is 0 Å². The van der Waals surface area contributed by atoms with Crippen molar-refractivity contribution in [3.8, 4) is 0 Å². The number of likely N-dealkylation sites (tertiary alicyclic amines) is 1. The molecule has 1 aliphatic heterocycles. The minimum atomic E-state index is 0.344. The van der Waals surface area contributed by atoms with Gasteiger partial charge >= 0.3 is 0 Å². The zero-order valence-corrected chi connectivity index (χ0v) is 9.54. The molecule has 0 spiro atoms. The summed E-state index contributed by atoms with van der Waals surface area (Å²) < 4.78 is 5.20. The molecule has 1 aliphatic rings. The minimum absolute atomic E-state index is 0.344. The third kappa shape index (κ3) is 3.95. The maximum atomic E-state index is 5.95. The fourth-order valence-electron chi connectivity index (χ4n) is 2.15. The Balaban J connectivity index is 2.25. The molecule has 1 rings (SSSR count). The second-order valence-electron chi connectivity index (χ2n) is 4.39. The Hall–Kier alpha value is -0.120. The van der Waals surface area contributed by atoms with Crippen LogP contribution in [0.5, 0.6) is 0 Å². The van der Waals surface area contributed by atoms with Crippen LogP contribution in [0.1, 0.15) is 26.2 Å². The maximum absolute atomic E-state index is 5.95. The van der Waals surface area contributed by atoms with Gasteiger partial charge in [-0.25, -0.2) is 0 Å². The van der Waals surface area contributed by atoms with E-state index in [2.05, 4.69) is 11.8 Å². The Kier molecular flexibility index (Phi) is 5.45. The minimum Gasteiger partial charge on any atom is -0.384 e. The Labute approximate surface area is 87.6 Å². The lowest BCUT2D eigenvalue weighted by atomic mass is 9.98. The van der Waals surface area contributed by atoms with E-state index in [4.69, 9.17) is 10.5 Å². The van der Waals surface area contributed by atoms with Crippen LogP contribution in [0.3, 0.4) is 0 Å². The fourth-order valence-corrected chi connectivity index (χ4v) is 2.15. The van der Waals surface area contributed by atoms with Gasteiger partial charge in [0.1, 0.15) is 0 Å². The molecule has 84 valence electrons. The number of piperidine rings is 1. The number of nitrogens with two attached hydrogens (primary N) is 1. The molecular weight excluding hydrogens is 176 g/mol. The van der Waals surface area contributed by atoms with Gasteiger partial charge in [-0.1, -0.05) is 6.92 Å². The number of rotatable bonds is 5. The maximum Gasteiger partial charge on any atom is 0.0502 e. The molecule has 0 bridgehead atoms. The first-order chi connectivity index (χ1) is 6.76. The van der Waals surface area contributed by atoms with E-state index in [1.807, 2.05) is 0 Å². The highest BCUT2D eigenvalue weighted by Gasteiger charge is 2.20. The second kappa shape index (κ2) is 6.38. The molecule has 1 saturated heterocycles. The average Bonchev–Trinajstić information content (AvgIpc) is 2.19. The summed E-state index contributed by atoms with van der Waals surface area (Å²) >= 11 is 0. The number of ether oxygens (including phenoxy) is 1. The number of nitrogens with zero attached hydrogens (tertiary/aromatic N) is 1. The standard InChI is InChI=1S/C11H24N2O/c1-3-11(12)8-13-6-4-5-10(7-13)9-14-2/h10-11H,3-9,12H2,1-2H3. The fraction of sp³-hybridized carbons (Fsp3) is 1.00. The normalized spacial score (nSPS) is 26.4. The summed E-state index contributed by atoms with van der Waals surface area (Å²) in [4.78, 5) is 2.49. The third-order valence-electron chi connectivity index (χ3n) is 3.02. The van der Waals surface area contributed by atoms with Crippen molar-refractivity contribution in [3.05, 3.63) is 0 Å². The first kappa shape index (κ1) is 12.0. The van der Waals surface area contributed by atoms with Crippen LogP contribution in [0.2, 0.25) is 0 Å². The predicted octanol–water partition coefficient (Wildman–Crippen LogP) is 1.08. The van der Waals surface area contributed by atoms with E-state index in [1.165, 1.54) is 25.9 Å². The lowest BCUT2D eigenvalue weighted by Gasteiger charge is -2.33. The molecule has 0 aromatic rings. The highest BCUT2D eigenvalue weighted by atomic mass is 16.5. The molecule has 0 aromatic heterocycles. The van der Waals surface area contributed by atoms with Gasteiger partial charge in [0.05, 0.1) is 6.61 Å². The Morgan fingerprint density at radius 3 is 3.00 bits per heavy atom. The molecule has 2 unspecified atom stereocenters. The topological polar surface area (TPSA) is 38.5 Å². The van der Waals surface area contributed by atoms with E-state index < -0.39 is 0 Å². The van der Waals surface area contributed by atoms with Crippen LogP contribution in [-0.2, 0) is 4.74 Å². The average molecular weight is 200 g/mol. The number of hydrogen-bond donors (Lipinski definition) is 1. The van der Waals surface area contributed by atoms with Crippen molar-refractivity contribution in [2.24, 2.45) is 11.7 Å². The largest absolute Gasteiger partial charge is 0.384 e. The molecule has 2 N–H and O–H groups in total. The van der Waals surface area contributed by atoms with Crippen molar-refractivity contribution in [2.45, 2.75) is 32.2 Å². The summed E-state index contributed by atoms with van der Waals surface area (Å²) in [6, 6.07) is 0.344. The van der Waals surface area contributed by atoms with E-state index in [0.717, 1.165) is 25.5 Å². The van der Waals surface area contributed by atoms with E-state index in [-0.39, 0.29) is 0 Å². The van der Waals surface area contributed by atoms with Gasteiger partial charge in [0.25, 0.3) is 0 Å². The second-order valence-corrected chi connectivity index (χ2v) is 4.39. The lowest BCUT2D eigenvalue weighted by Crippen LogP contribution is -2.43. The van der Waals surface area contributed by atoms with Crippen molar-refractivity contribution in [2.75, 3.05) is 33.4 Å². The summed E-state index contributed by atoms with van der Waals surface area (Å²) in [6.45, 7) is 6.49. The molecular formula is C11H24N2O. The van der Waals surface area contributed by atoms with Crippen LogP contribution in [0.25, 0.3) is 0 Å². The van der Waals surface area contributed by atoms with Gasteiger partial charge in [-0.15, -0.1) is 0 Å². The predicted molar refractivity (Wildman–Crippen MR) is 59.3 cm³/mol. The Morgan fingerprint density at radius 1 is 1.57 bits per heavy atom. The van der Waals surface area contributed by atoms with E-state index in [0.29, 0.717) is 6.04 Å². The first-order valence-corrected chi connectivity index (χ1v) is 5.73. The van der Waals surface area contributed by atoms with Crippen molar-refractivity contribution in [1.29, 1.82) is 0 Å². The lowest BCUT2D eigenvalue weighted by molar-refractivity contribution is 0.0876. The van der Waals surface area contributed by atoms with Crippen LogP contribution < -0.4 is 5.73 Å². The molecule has 0 aliphatic carbocycles. The van der Waals surface area contributed by atoms with Crippen molar-refractivity contribution < 1.29 is 4.74 Å². The quantitative estimate of drug-likeness (QED) is 0.722. The van der Waals surface area contributed by atoms with Gasteiger partial charge in [0.2, 0.25) is 0 Å². The van der Waals surface area contributed by atoms with Crippen molar-refractivity contribution in [1.82, 2.24) is 4.90 Å². The van der Waals surface area contributed by atoms with E-state index in [1.54, 1.807) is 7.11 Å². The third-order valence-corrected chi connectivity index (χ3v) is 3.02. The molecule has 0 amide bonds. The zero-order chi connectivity index (χ0) is 10.4. The molecule has 14 heavy (non-hydrogen) atoms. The van der Waals surface area contributed by atoms with Crippen LogP contribution in [0.15, 0.2) is 0 Å². The number of methoxy groups -OCH3 is 1. The Morgan fingerprint density at radius 2 is 2.36 bits per heavy atom. The van der Waals surface area contributed by atoms with Crippen LogP contribution in [0, 0.1) is 5.92 Å². The van der Waals surface area contributed by atoms with Crippen LogP contribution >= 0.6 is 0 Å². The SMILES string of the molecule is CCC(N)CN1CCCC(COC)C1. The van der Waals surface area contributed by atoms with E-state index in [9.17, 15) is 0 Å². The summed E-state index contributed by atoms with van der Waals surface area (Å²) in [5.74, 6) is 0.720. The summed E-state index contributed by atoms with van der Waals surface area (Å²) in [5, 5.41) is 0. The van der Waals surface area contributed by atoms with Gasteiger partial charge in [-0.05, 0) is 31.7 Å². The molecule has 0 radical (unpaired) electrons. The molecule has 0 aromatic carbocycles. The van der Waals surface area contributed by atoms with Gasteiger partial charge in [0.15, 0.2) is 0 Å². The zero-order valence-electron chi connectivity index (χ0n) is 9.54. The molecule has 1 heterocycles. The summed E-state index contributed by atoms with van der Waals surface area (Å²) in [7, 11) is 1.79. The van der Waals surface area contributed by atoms with Crippen LogP contribution in [0.4, 0.5) is 0 Å². The van der Waals surface area contributed by atoms with Gasteiger partial charge < -0.3 is 15.4 Å². The smallest absolute Gasteiger partial charge is 0.0502 e. The highest BCUT2D eigenvalue weighted by molar-refractivity contribution is 4.75. The molecule has 3 heteroatoms. The molecule has 1 fully saturated rings. The molecule has 3 nitrogen and oxygen atoms in total. The summed E-state index contributed by atoms with van der Waals surface area (Å²) in [5.41, 5.74) is 5.95. The van der Waals surface area contributed by atoms with E-state index >= 15 is 0 Å². The monoisotopic (exact) mass is 200 g/mol. The summed E-state index contributed by atoms with van der Waals surface area (Å²) in [6.07, 6.45) is 3.68.